The SMILES string of the molecule is CCC(CC(=O)N1CCSC1)N(C)C(=O)OCc1ccccc1. The summed E-state index contributed by atoms with van der Waals surface area (Å²) >= 11 is 1.77. The molecule has 0 aliphatic carbocycles. The topological polar surface area (TPSA) is 49.9 Å². The van der Waals surface area contributed by atoms with Crippen LogP contribution in [0.5, 0.6) is 0 Å². The summed E-state index contributed by atoms with van der Waals surface area (Å²) in [5.41, 5.74) is 0.951. The van der Waals surface area contributed by atoms with Gasteiger partial charge < -0.3 is 14.5 Å². The first-order chi connectivity index (χ1) is 11.1. The fourth-order valence-electron chi connectivity index (χ4n) is 2.47. The minimum Gasteiger partial charge on any atom is -0.445 e. The smallest absolute Gasteiger partial charge is 0.410 e. The summed E-state index contributed by atoms with van der Waals surface area (Å²) < 4.78 is 5.34. The van der Waals surface area contributed by atoms with Crippen LogP contribution in [0, 0.1) is 0 Å². The van der Waals surface area contributed by atoms with E-state index >= 15 is 0 Å². The lowest BCUT2D eigenvalue weighted by molar-refractivity contribution is -0.130. The van der Waals surface area contributed by atoms with E-state index in [1.165, 1.54) is 0 Å². The lowest BCUT2D eigenvalue weighted by Gasteiger charge is -2.27. The Hall–Kier alpha value is -1.69. The molecule has 1 aliphatic rings. The predicted molar refractivity (Wildman–Crippen MR) is 92.1 cm³/mol. The lowest BCUT2D eigenvalue weighted by Crippen LogP contribution is -2.41. The Balaban J connectivity index is 1.84. The summed E-state index contributed by atoms with van der Waals surface area (Å²) in [6.07, 6.45) is 0.696. The average molecular weight is 336 g/mol. The zero-order valence-electron chi connectivity index (χ0n) is 13.7. The number of benzene rings is 1. The van der Waals surface area contributed by atoms with Gasteiger partial charge in [-0.1, -0.05) is 37.3 Å². The molecule has 5 nitrogen and oxygen atoms in total. The van der Waals surface area contributed by atoms with Crippen molar-refractivity contribution >= 4 is 23.8 Å². The summed E-state index contributed by atoms with van der Waals surface area (Å²) in [7, 11) is 1.70. The van der Waals surface area contributed by atoms with E-state index in [0.29, 0.717) is 6.42 Å². The number of rotatable bonds is 6. The zero-order chi connectivity index (χ0) is 16.7. The van der Waals surface area contributed by atoms with Crippen LogP contribution >= 0.6 is 11.8 Å². The third kappa shape index (κ3) is 5.16. The Bertz CT molecular complexity index is 518. The quantitative estimate of drug-likeness (QED) is 0.801. The third-order valence-corrected chi connectivity index (χ3v) is 4.99. The largest absolute Gasteiger partial charge is 0.445 e. The van der Waals surface area contributed by atoms with Crippen molar-refractivity contribution in [2.45, 2.75) is 32.4 Å². The van der Waals surface area contributed by atoms with E-state index < -0.39 is 0 Å². The molecule has 1 saturated heterocycles. The average Bonchev–Trinajstić information content (AvgIpc) is 3.12. The van der Waals surface area contributed by atoms with Gasteiger partial charge in [-0.25, -0.2) is 4.79 Å². The van der Waals surface area contributed by atoms with Crippen LogP contribution in [0.2, 0.25) is 0 Å². The van der Waals surface area contributed by atoms with Crippen molar-refractivity contribution in [3.05, 3.63) is 35.9 Å². The van der Waals surface area contributed by atoms with Crippen LogP contribution in [0.4, 0.5) is 4.79 Å². The monoisotopic (exact) mass is 336 g/mol. The first-order valence-corrected chi connectivity index (χ1v) is 9.06. The molecule has 1 heterocycles. The van der Waals surface area contributed by atoms with Gasteiger partial charge in [-0.3, -0.25) is 4.79 Å². The van der Waals surface area contributed by atoms with Gasteiger partial charge in [0.1, 0.15) is 6.61 Å². The Morgan fingerprint density at radius 2 is 2.09 bits per heavy atom. The summed E-state index contributed by atoms with van der Waals surface area (Å²) in [6, 6.07) is 9.45. The first kappa shape index (κ1) is 17.7. The molecule has 1 aromatic carbocycles. The van der Waals surface area contributed by atoms with Crippen molar-refractivity contribution in [2.24, 2.45) is 0 Å². The van der Waals surface area contributed by atoms with E-state index in [2.05, 4.69) is 0 Å². The highest BCUT2D eigenvalue weighted by molar-refractivity contribution is 7.99. The van der Waals surface area contributed by atoms with E-state index in [1.54, 1.807) is 23.7 Å². The van der Waals surface area contributed by atoms with Gasteiger partial charge in [0.15, 0.2) is 0 Å². The molecule has 2 rings (SSSR count). The lowest BCUT2D eigenvalue weighted by atomic mass is 10.1. The van der Waals surface area contributed by atoms with Gasteiger partial charge in [-0.05, 0) is 12.0 Å². The maximum absolute atomic E-state index is 12.3. The second-order valence-electron chi connectivity index (χ2n) is 5.61. The normalized spacial score (nSPS) is 15.3. The Labute approximate surface area is 142 Å². The molecule has 1 aliphatic heterocycles. The van der Waals surface area contributed by atoms with Gasteiger partial charge in [-0.15, -0.1) is 11.8 Å². The van der Waals surface area contributed by atoms with Gasteiger partial charge >= 0.3 is 6.09 Å². The maximum atomic E-state index is 12.3. The van der Waals surface area contributed by atoms with Gasteiger partial charge in [0.05, 0.1) is 5.88 Å². The second-order valence-corrected chi connectivity index (χ2v) is 6.69. The summed E-state index contributed by atoms with van der Waals surface area (Å²) in [6.45, 7) is 3.04. The van der Waals surface area contributed by atoms with Crippen LogP contribution in [0.1, 0.15) is 25.3 Å². The van der Waals surface area contributed by atoms with Gasteiger partial charge in [-0.2, -0.15) is 0 Å². The molecule has 2 amide bonds. The van der Waals surface area contributed by atoms with Crippen molar-refractivity contribution in [2.75, 3.05) is 25.2 Å². The summed E-state index contributed by atoms with van der Waals surface area (Å²) in [4.78, 5) is 27.9. The van der Waals surface area contributed by atoms with Crippen molar-refractivity contribution < 1.29 is 14.3 Å². The van der Waals surface area contributed by atoms with E-state index in [9.17, 15) is 9.59 Å². The van der Waals surface area contributed by atoms with Crippen molar-refractivity contribution in [1.82, 2.24) is 9.80 Å². The standard InChI is InChI=1S/C17H24N2O3S/c1-3-15(11-16(20)19-9-10-23-13-19)18(2)17(21)22-12-14-7-5-4-6-8-14/h4-8,15H,3,9-13H2,1-2H3. The predicted octanol–water partition coefficient (Wildman–Crippen LogP) is 2.96. The minimum atomic E-state index is -0.385. The number of nitrogens with zero attached hydrogens (tertiary/aromatic N) is 2. The maximum Gasteiger partial charge on any atom is 0.410 e. The summed E-state index contributed by atoms with van der Waals surface area (Å²) in [5, 5.41) is 0. The highest BCUT2D eigenvalue weighted by atomic mass is 32.2. The molecule has 0 radical (unpaired) electrons. The molecule has 1 atom stereocenters. The third-order valence-electron chi connectivity index (χ3n) is 4.03. The van der Waals surface area contributed by atoms with Crippen LogP contribution < -0.4 is 0 Å². The second kappa shape index (κ2) is 8.82. The molecular formula is C17H24N2O3S. The minimum absolute atomic E-state index is 0.115. The van der Waals surface area contributed by atoms with E-state index in [4.69, 9.17) is 4.74 Å². The zero-order valence-corrected chi connectivity index (χ0v) is 14.6. The van der Waals surface area contributed by atoms with Gasteiger partial charge in [0.2, 0.25) is 5.91 Å². The van der Waals surface area contributed by atoms with Crippen molar-refractivity contribution in [1.29, 1.82) is 0 Å². The van der Waals surface area contributed by atoms with Crippen LogP contribution in [0.3, 0.4) is 0 Å². The van der Waals surface area contributed by atoms with Crippen LogP contribution in [-0.2, 0) is 16.1 Å². The van der Waals surface area contributed by atoms with E-state index in [-0.39, 0.29) is 24.6 Å². The Kier molecular flexibility index (Phi) is 6.77. The number of ether oxygens (including phenoxy) is 1. The molecule has 0 bridgehead atoms. The highest BCUT2D eigenvalue weighted by Gasteiger charge is 2.26. The van der Waals surface area contributed by atoms with E-state index in [0.717, 1.165) is 30.2 Å². The fraction of sp³-hybridized carbons (Fsp3) is 0.529. The number of thioether (sulfide) groups is 1. The van der Waals surface area contributed by atoms with E-state index in [1.807, 2.05) is 42.2 Å². The number of hydrogen-bond donors (Lipinski definition) is 0. The molecule has 0 saturated carbocycles. The molecule has 1 fully saturated rings. The summed E-state index contributed by atoms with van der Waals surface area (Å²) in [5.74, 6) is 1.87. The molecule has 1 aromatic rings. The molecule has 1 unspecified atom stereocenters. The fourth-order valence-corrected chi connectivity index (χ4v) is 3.44. The van der Waals surface area contributed by atoms with Gasteiger partial charge in [0, 0.05) is 31.8 Å². The van der Waals surface area contributed by atoms with Gasteiger partial charge in [0.25, 0.3) is 0 Å². The molecular weight excluding hydrogens is 312 g/mol. The molecule has 23 heavy (non-hydrogen) atoms. The Morgan fingerprint density at radius 1 is 1.35 bits per heavy atom. The number of carbonyl (C=O) groups excluding carboxylic acids is 2. The molecule has 0 N–H and O–H groups in total. The van der Waals surface area contributed by atoms with Crippen molar-refractivity contribution in [3.8, 4) is 0 Å². The molecule has 6 heteroatoms. The number of carbonyl (C=O) groups is 2. The van der Waals surface area contributed by atoms with Crippen molar-refractivity contribution in [3.63, 3.8) is 0 Å². The molecule has 0 spiro atoms. The first-order valence-electron chi connectivity index (χ1n) is 7.90. The van der Waals surface area contributed by atoms with Crippen LogP contribution in [0.25, 0.3) is 0 Å². The number of amides is 2. The molecule has 126 valence electrons. The number of hydrogen-bond acceptors (Lipinski definition) is 4. The highest BCUT2D eigenvalue weighted by Crippen LogP contribution is 2.17. The van der Waals surface area contributed by atoms with Crippen LogP contribution in [0.15, 0.2) is 30.3 Å². The van der Waals surface area contributed by atoms with Crippen LogP contribution in [-0.4, -0.2) is 53.1 Å². The Morgan fingerprint density at radius 3 is 2.70 bits per heavy atom. The molecule has 0 aromatic heterocycles.